The third-order valence-corrected chi connectivity index (χ3v) is 4.36. The molecule has 0 N–H and O–H groups in total. The van der Waals surface area contributed by atoms with Crippen LogP contribution in [0.25, 0.3) is 22.3 Å². The van der Waals surface area contributed by atoms with Crippen LogP contribution >= 0.6 is 0 Å². The van der Waals surface area contributed by atoms with Gasteiger partial charge >= 0.3 is 6.03 Å². The summed E-state index contributed by atoms with van der Waals surface area (Å²) in [6.45, 7) is 3.80. The summed E-state index contributed by atoms with van der Waals surface area (Å²) in [5, 5.41) is 8.76. The van der Waals surface area contributed by atoms with Crippen molar-refractivity contribution in [2.24, 2.45) is 0 Å². The first-order chi connectivity index (χ1) is 12.6. The van der Waals surface area contributed by atoms with Crippen LogP contribution in [0.5, 0.6) is 0 Å². The van der Waals surface area contributed by atoms with Crippen molar-refractivity contribution in [3.63, 3.8) is 0 Å². The lowest BCUT2D eigenvalue weighted by molar-refractivity contribution is 0.238. The summed E-state index contributed by atoms with van der Waals surface area (Å²) < 4.78 is 2.69. The Morgan fingerprint density at radius 1 is 0.692 bits per heavy atom. The van der Waals surface area contributed by atoms with Crippen molar-refractivity contribution < 1.29 is 4.79 Å². The molecule has 4 aromatic rings. The lowest BCUT2D eigenvalue weighted by Gasteiger charge is -1.99. The summed E-state index contributed by atoms with van der Waals surface area (Å²) in [5.41, 5.74) is 5.54. The summed E-state index contributed by atoms with van der Waals surface area (Å²) in [4.78, 5) is 12.8. The van der Waals surface area contributed by atoms with Crippen molar-refractivity contribution in [1.29, 1.82) is 0 Å². The average Bonchev–Trinajstić information content (AvgIpc) is 3.25. The highest BCUT2D eigenvalue weighted by molar-refractivity contribution is 5.81. The molecule has 128 valence electrons. The predicted octanol–water partition coefficient (Wildman–Crippen LogP) is 4.55. The number of nitrogens with zero attached hydrogens (tertiary/aromatic N) is 4. The van der Waals surface area contributed by atoms with E-state index in [1.54, 1.807) is 12.4 Å². The first-order valence-corrected chi connectivity index (χ1v) is 8.41. The van der Waals surface area contributed by atoms with E-state index in [1.807, 2.05) is 74.5 Å². The minimum Gasteiger partial charge on any atom is -0.244 e. The fraction of sp³-hybridized carbons (Fsp3) is 0.0952. The molecule has 5 nitrogen and oxygen atoms in total. The molecule has 0 atom stereocenters. The van der Waals surface area contributed by atoms with E-state index in [4.69, 9.17) is 0 Å². The van der Waals surface area contributed by atoms with Gasteiger partial charge in [0.1, 0.15) is 0 Å². The second-order valence-corrected chi connectivity index (χ2v) is 6.16. The Morgan fingerprint density at radius 3 is 1.46 bits per heavy atom. The molecule has 2 aromatic carbocycles. The van der Waals surface area contributed by atoms with Gasteiger partial charge in [0.25, 0.3) is 0 Å². The maximum Gasteiger partial charge on any atom is 0.369 e. The van der Waals surface area contributed by atoms with Crippen molar-refractivity contribution >= 4 is 6.03 Å². The average molecular weight is 342 g/mol. The Morgan fingerprint density at radius 2 is 1.08 bits per heavy atom. The quantitative estimate of drug-likeness (QED) is 0.537. The number of aryl methyl sites for hydroxylation is 2. The van der Waals surface area contributed by atoms with Crippen molar-refractivity contribution in [2.45, 2.75) is 13.8 Å². The van der Waals surface area contributed by atoms with Gasteiger partial charge in [-0.25, -0.2) is 4.79 Å². The molecule has 0 aliphatic heterocycles. The van der Waals surface area contributed by atoms with Gasteiger partial charge in [0, 0.05) is 23.5 Å². The van der Waals surface area contributed by atoms with E-state index < -0.39 is 0 Å². The Labute approximate surface area is 151 Å². The zero-order valence-electron chi connectivity index (χ0n) is 14.6. The van der Waals surface area contributed by atoms with Crippen molar-refractivity contribution in [1.82, 2.24) is 19.6 Å². The lowest BCUT2D eigenvalue weighted by atomic mass is 10.1. The predicted molar refractivity (Wildman–Crippen MR) is 101 cm³/mol. The zero-order valence-corrected chi connectivity index (χ0v) is 14.6. The smallest absolute Gasteiger partial charge is 0.244 e. The van der Waals surface area contributed by atoms with E-state index in [0.29, 0.717) is 0 Å². The molecule has 4 rings (SSSR count). The van der Waals surface area contributed by atoms with Crippen LogP contribution in [0.1, 0.15) is 11.4 Å². The number of carbonyl (C=O) groups is 1. The van der Waals surface area contributed by atoms with Crippen LogP contribution in [-0.4, -0.2) is 25.6 Å². The monoisotopic (exact) mass is 342 g/mol. The van der Waals surface area contributed by atoms with Crippen LogP contribution in [-0.2, 0) is 0 Å². The number of hydrogen-bond donors (Lipinski definition) is 0. The molecule has 0 radical (unpaired) electrons. The minimum atomic E-state index is -0.305. The van der Waals surface area contributed by atoms with Gasteiger partial charge in [0.2, 0.25) is 0 Å². The summed E-state index contributed by atoms with van der Waals surface area (Å²) >= 11 is 0. The van der Waals surface area contributed by atoms with Gasteiger partial charge in [-0.15, -0.1) is 0 Å². The number of aromatic nitrogens is 4. The fourth-order valence-electron chi connectivity index (χ4n) is 3.02. The Hall–Kier alpha value is -3.47. The normalized spacial score (nSPS) is 10.8. The zero-order chi connectivity index (χ0) is 18.1. The summed E-state index contributed by atoms with van der Waals surface area (Å²) in [7, 11) is 0. The van der Waals surface area contributed by atoms with E-state index in [9.17, 15) is 4.79 Å². The highest BCUT2D eigenvalue weighted by atomic mass is 16.2. The molecule has 0 unspecified atom stereocenters. The number of hydrogen-bond acceptors (Lipinski definition) is 3. The van der Waals surface area contributed by atoms with Gasteiger partial charge in [0.05, 0.1) is 11.4 Å². The van der Waals surface area contributed by atoms with Crippen molar-refractivity contribution in [2.75, 3.05) is 0 Å². The molecule has 0 bridgehead atoms. The molecule has 2 heterocycles. The van der Waals surface area contributed by atoms with E-state index in [-0.39, 0.29) is 6.03 Å². The first-order valence-electron chi connectivity index (χ1n) is 8.41. The molecule has 0 spiro atoms. The molecule has 26 heavy (non-hydrogen) atoms. The van der Waals surface area contributed by atoms with Crippen LogP contribution in [0.4, 0.5) is 4.79 Å². The SMILES string of the molecule is Cc1nn(C(=O)n2cc(-c3ccccc3)c(C)n2)cc1-c1ccccc1. The molecule has 0 saturated carbocycles. The number of carbonyl (C=O) groups excluding carboxylic acids is 1. The summed E-state index contributed by atoms with van der Waals surface area (Å²) in [6, 6.07) is 19.5. The van der Waals surface area contributed by atoms with Crippen molar-refractivity contribution in [3.05, 3.63) is 84.4 Å². The summed E-state index contributed by atoms with van der Waals surface area (Å²) in [6.07, 6.45) is 3.51. The molecule has 0 amide bonds. The molecule has 0 saturated heterocycles. The highest BCUT2D eigenvalue weighted by Gasteiger charge is 2.17. The molecular formula is C21H18N4O. The highest BCUT2D eigenvalue weighted by Crippen LogP contribution is 2.24. The van der Waals surface area contributed by atoms with Crippen LogP contribution < -0.4 is 0 Å². The lowest BCUT2D eigenvalue weighted by Crippen LogP contribution is -2.20. The van der Waals surface area contributed by atoms with Gasteiger partial charge in [0.15, 0.2) is 0 Å². The minimum absolute atomic E-state index is 0.305. The Kier molecular flexibility index (Phi) is 3.97. The number of rotatable bonds is 2. The molecule has 0 fully saturated rings. The van der Waals surface area contributed by atoms with Gasteiger partial charge in [-0.2, -0.15) is 19.6 Å². The van der Waals surface area contributed by atoms with Gasteiger partial charge in [-0.1, -0.05) is 60.7 Å². The van der Waals surface area contributed by atoms with Gasteiger partial charge < -0.3 is 0 Å². The van der Waals surface area contributed by atoms with Gasteiger partial charge in [-0.3, -0.25) is 0 Å². The van der Waals surface area contributed by atoms with E-state index >= 15 is 0 Å². The second-order valence-electron chi connectivity index (χ2n) is 6.16. The van der Waals surface area contributed by atoms with Crippen LogP contribution in [0.3, 0.4) is 0 Å². The molecule has 5 heteroatoms. The maximum absolute atomic E-state index is 12.8. The first kappa shape index (κ1) is 16.0. The van der Waals surface area contributed by atoms with E-state index in [0.717, 1.165) is 33.6 Å². The summed E-state index contributed by atoms with van der Waals surface area (Å²) in [5.74, 6) is 0. The van der Waals surface area contributed by atoms with E-state index in [2.05, 4.69) is 10.2 Å². The van der Waals surface area contributed by atoms with Crippen LogP contribution in [0, 0.1) is 13.8 Å². The molecule has 2 aromatic heterocycles. The van der Waals surface area contributed by atoms with Gasteiger partial charge in [-0.05, 0) is 25.0 Å². The maximum atomic E-state index is 12.8. The second kappa shape index (κ2) is 6.44. The largest absolute Gasteiger partial charge is 0.369 e. The van der Waals surface area contributed by atoms with E-state index in [1.165, 1.54) is 9.36 Å². The standard InChI is InChI=1S/C21H18N4O/c1-15-19(17-9-5-3-6-10-17)13-24(22-15)21(26)25-14-20(16(2)23-25)18-11-7-4-8-12-18/h3-14H,1-2H3. The number of benzene rings is 2. The molecular weight excluding hydrogens is 324 g/mol. The molecule has 0 aliphatic rings. The van der Waals surface area contributed by atoms with Crippen molar-refractivity contribution in [3.8, 4) is 22.3 Å². The Bertz CT molecular complexity index is 976. The topological polar surface area (TPSA) is 52.7 Å². The molecule has 0 aliphatic carbocycles. The van der Waals surface area contributed by atoms with Crippen LogP contribution in [0.2, 0.25) is 0 Å². The fourth-order valence-corrected chi connectivity index (χ4v) is 3.02. The Balaban J connectivity index is 1.69. The third kappa shape index (κ3) is 2.84. The third-order valence-electron chi connectivity index (χ3n) is 4.36. The van der Waals surface area contributed by atoms with Crippen LogP contribution in [0.15, 0.2) is 73.1 Å².